The lowest BCUT2D eigenvalue weighted by Crippen LogP contribution is -2.01. The van der Waals surface area contributed by atoms with Crippen LogP contribution in [0.5, 0.6) is 0 Å². The first-order chi connectivity index (χ1) is 9.63. The van der Waals surface area contributed by atoms with Crippen LogP contribution in [0.15, 0.2) is 42.5 Å². The van der Waals surface area contributed by atoms with Gasteiger partial charge >= 0.3 is 5.97 Å². The molecule has 0 aromatic heterocycles. The summed E-state index contributed by atoms with van der Waals surface area (Å²) in [4.78, 5) is 10.9. The number of halogens is 1. The summed E-state index contributed by atoms with van der Waals surface area (Å²) in [5.41, 5.74) is 1.73. The molecule has 0 heterocycles. The van der Waals surface area contributed by atoms with Crippen molar-refractivity contribution in [1.82, 2.24) is 0 Å². The molecule has 20 heavy (non-hydrogen) atoms. The van der Waals surface area contributed by atoms with Crippen molar-refractivity contribution in [3.05, 3.63) is 59.4 Å². The molecule has 0 radical (unpaired) electrons. The number of benzene rings is 2. The van der Waals surface area contributed by atoms with Gasteiger partial charge in [0.05, 0.1) is 12.2 Å². The highest BCUT2D eigenvalue weighted by Crippen LogP contribution is 2.25. The zero-order valence-corrected chi connectivity index (χ0v) is 11.1. The van der Waals surface area contributed by atoms with E-state index in [-0.39, 0.29) is 5.56 Å². The molecule has 104 valence electrons. The second-order valence-electron chi connectivity index (χ2n) is 4.41. The average molecular weight is 274 g/mol. The number of rotatable bonds is 5. The third-order valence-electron chi connectivity index (χ3n) is 3.09. The lowest BCUT2D eigenvalue weighted by molar-refractivity contribution is 0.0692. The van der Waals surface area contributed by atoms with E-state index < -0.39 is 11.8 Å². The lowest BCUT2D eigenvalue weighted by atomic mass is 10.0. The Balaban J connectivity index is 2.32. The fourth-order valence-corrected chi connectivity index (χ4v) is 1.99. The van der Waals surface area contributed by atoms with Crippen LogP contribution < -0.4 is 0 Å². The molecule has 4 heteroatoms. The van der Waals surface area contributed by atoms with Crippen molar-refractivity contribution in [3.8, 4) is 11.1 Å². The minimum Gasteiger partial charge on any atom is -0.478 e. The molecule has 0 bridgehead atoms. The van der Waals surface area contributed by atoms with Crippen molar-refractivity contribution >= 4 is 5.97 Å². The Labute approximate surface area is 116 Å². The summed E-state index contributed by atoms with van der Waals surface area (Å²) in [7, 11) is 1.64. The predicted molar refractivity (Wildman–Crippen MR) is 74.4 cm³/mol. The summed E-state index contributed by atoms with van der Waals surface area (Å²) >= 11 is 0. The molecular weight excluding hydrogens is 259 g/mol. The Morgan fingerprint density at radius 2 is 1.90 bits per heavy atom. The van der Waals surface area contributed by atoms with Crippen molar-refractivity contribution in [2.24, 2.45) is 0 Å². The van der Waals surface area contributed by atoms with E-state index in [9.17, 15) is 9.18 Å². The SMILES string of the molecule is COCCc1ccc(-c2cccc(C(=O)O)c2F)cc1. The minimum atomic E-state index is -1.26. The first kappa shape index (κ1) is 14.2. The van der Waals surface area contributed by atoms with Gasteiger partial charge in [-0.25, -0.2) is 9.18 Å². The van der Waals surface area contributed by atoms with E-state index in [1.807, 2.05) is 12.1 Å². The van der Waals surface area contributed by atoms with Gasteiger partial charge in [0.15, 0.2) is 0 Å². The van der Waals surface area contributed by atoms with E-state index in [0.29, 0.717) is 17.7 Å². The van der Waals surface area contributed by atoms with E-state index in [1.165, 1.54) is 6.07 Å². The molecule has 0 saturated heterocycles. The van der Waals surface area contributed by atoms with Crippen LogP contribution in [-0.4, -0.2) is 24.8 Å². The van der Waals surface area contributed by atoms with E-state index in [1.54, 1.807) is 31.4 Å². The highest BCUT2D eigenvalue weighted by Gasteiger charge is 2.14. The molecule has 0 aliphatic carbocycles. The van der Waals surface area contributed by atoms with E-state index in [4.69, 9.17) is 9.84 Å². The summed E-state index contributed by atoms with van der Waals surface area (Å²) in [6.07, 6.45) is 0.786. The van der Waals surface area contributed by atoms with Crippen molar-refractivity contribution in [3.63, 3.8) is 0 Å². The molecule has 0 amide bonds. The van der Waals surface area contributed by atoms with Gasteiger partial charge in [0, 0.05) is 12.7 Å². The summed E-state index contributed by atoms with van der Waals surface area (Å²) < 4.78 is 19.1. The summed E-state index contributed by atoms with van der Waals surface area (Å²) in [6.45, 7) is 0.627. The smallest absolute Gasteiger partial charge is 0.338 e. The standard InChI is InChI=1S/C16H15FO3/c1-20-10-9-11-5-7-12(8-6-11)13-3-2-4-14(15(13)17)16(18)19/h2-8H,9-10H2,1H3,(H,18,19). The van der Waals surface area contributed by atoms with Gasteiger partial charge in [-0.05, 0) is 23.6 Å². The first-order valence-electron chi connectivity index (χ1n) is 6.23. The zero-order valence-electron chi connectivity index (χ0n) is 11.1. The van der Waals surface area contributed by atoms with Crippen LogP contribution in [0.2, 0.25) is 0 Å². The number of carboxylic acid groups (broad SMARTS) is 1. The number of carbonyl (C=O) groups is 1. The van der Waals surface area contributed by atoms with Gasteiger partial charge in [-0.2, -0.15) is 0 Å². The van der Waals surface area contributed by atoms with Gasteiger partial charge in [0.1, 0.15) is 5.82 Å². The molecule has 0 spiro atoms. The molecular formula is C16H15FO3. The van der Waals surface area contributed by atoms with E-state index in [0.717, 1.165) is 12.0 Å². The maximum absolute atomic E-state index is 14.1. The van der Waals surface area contributed by atoms with Gasteiger partial charge in [0.25, 0.3) is 0 Å². The van der Waals surface area contributed by atoms with Gasteiger partial charge < -0.3 is 9.84 Å². The second kappa shape index (κ2) is 6.30. The number of methoxy groups -OCH3 is 1. The molecule has 0 saturated carbocycles. The Morgan fingerprint density at radius 1 is 1.20 bits per heavy atom. The molecule has 2 aromatic carbocycles. The quantitative estimate of drug-likeness (QED) is 0.909. The van der Waals surface area contributed by atoms with Crippen LogP contribution in [-0.2, 0) is 11.2 Å². The maximum Gasteiger partial charge on any atom is 0.338 e. The van der Waals surface area contributed by atoms with Crippen LogP contribution in [0.25, 0.3) is 11.1 Å². The Kier molecular flexibility index (Phi) is 4.48. The van der Waals surface area contributed by atoms with Crippen LogP contribution in [0, 0.1) is 5.82 Å². The molecule has 2 rings (SSSR count). The third kappa shape index (κ3) is 3.03. The molecule has 2 aromatic rings. The van der Waals surface area contributed by atoms with Crippen LogP contribution in [0.1, 0.15) is 15.9 Å². The van der Waals surface area contributed by atoms with Crippen molar-refractivity contribution in [2.45, 2.75) is 6.42 Å². The fourth-order valence-electron chi connectivity index (χ4n) is 1.99. The highest BCUT2D eigenvalue weighted by atomic mass is 19.1. The van der Waals surface area contributed by atoms with Crippen LogP contribution in [0.4, 0.5) is 4.39 Å². The Hall–Kier alpha value is -2.20. The monoisotopic (exact) mass is 274 g/mol. The number of aromatic carboxylic acids is 1. The number of ether oxygens (including phenoxy) is 1. The third-order valence-corrected chi connectivity index (χ3v) is 3.09. The first-order valence-corrected chi connectivity index (χ1v) is 6.23. The van der Waals surface area contributed by atoms with E-state index >= 15 is 0 Å². The van der Waals surface area contributed by atoms with Gasteiger partial charge in [-0.3, -0.25) is 0 Å². The predicted octanol–water partition coefficient (Wildman–Crippen LogP) is 3.38. The van der Waals surface area contributed by atoms with Gasteiger partial charge in [-0.15, -0.1) is 0 Å². The molecule has 0 atom stereocenters. The average Bonchev–Trinajstić information content (AvgIpc) is 2.46. The zero-order chi connectivity index (χ0) is 14.5. The topological polar surface area (TPSA) is 46.5 Å². The summed E-state index contributed by atoms with van der Waals surface area (Å²) in [5.74, 6) is -1.97. The fraction of sp³-hybridized carbons (Fsp3) is 0.188. The molecule has 0 unspecified atom stereocenters. The lowest BCUT2D eigenvalue weighted by Gasteiger charge is -2.07. The Bertz CT molecular complexity index is 606. The molecule has 3 nitrogen and oxygen atoms in total. The minimum absolute atomic E-state index is 0.295. The molecule has 1 N–H and O–H groups in total. The molecule has 0 aliphatic heterocycles. The van der Waals surface area contributed by atoms with Crippen molar-refractivity contribution < 1.29 is 19.0 Å². The van der Waals surface area contributed by atoms with Crippen molar-refractivity contribution in [1.29, 1.82) is 0 Å². The number of carboxylic acids is 1. The molecule has 0 fully saturated rings. The second-order valence-corrected chi connectivity index (χ2v) is 4.41. The van der Waals surface area contributed by atoms with E-state index in [2.05, 4.69) is 0 Å². The van der Waals surface area contributed by atoms with Crippen LogP contribution >= 0.6 is 0 Å². The van der Waals surface area contributed by atoms with Crippen LogP contribution in [0.3, 0.4) is 0 Å². The van der Waals surface area contributed by atoms with Gasteiger partial charge in [-0.1, -0.05) is 36.4 Å². The summed E-state index contributed by atoms with van der Waals surface area (Å²) in [6, 6.07) is 11.7. The number of hydrogen-bond donors (Lipinski definition) is 1. The summed E-state index contributed by atoms with van der Waals surface area (Å²) in [5, 5.41) is 8.92. The maximum atomic E-state index is 14.1. The molecule has 0 aliphatic rings. The highest BCUT2D eigenvalue weighted by molar-refractivity contribution is 5.90. The van der Waals surface area contributed by atoms with Crippen molar-refractivity contribution in [2.75, 3.05) is 13.7 Å². The number of hydrogen-bond acceptors (Lipinski definition) is 2. The normalized spacial score (nSPS) is 10.5. The van der Waals surface area contributed by atoms with Gasteiger partial charge in [0.2, 0.25) is 0 Å². The largest absolute Gasteiger partial charge is 0.478 e. The Morgan fingerprint density at radius 3 is 2.50 bits per heavy atom.